The SMILES string of the molecule is COC(=O)C1CC(O)CN1C(=O)c1ccc2c(c1)COC2. The minimum absolute atomic E-state index is 0.145. The topological polar surface area (TPSA) is 76.1 Å². The zero-order valence-electron chi connectivity index (χ0n) is 11.7. The molecule has 1 amide bonds. The Bertz CT molecular complexity index is 585. The van der Waals surface area contributed by atoms with Crippen molar-refractivity contribution in [1.82, 2.24) is 4.90 Å². The zero-order chi connectivity index (χ0) is 15.0. The molecular weight excluding hydrogens is 274 g/mol. The van der Waals surface area contributed by atoms with Gasteiger partial charge >= 0.3 is 5.97 Å². The van der Waals surface area contributed by atoms with E-state index in [-0.39, 0.29) is 18.9 Å². The molecule has 1 fully saturated rings. The molecule has 0 bridgehead atoms. The van der Waals surface area contributed by atoms with Crippen LogP contribution < -0.4 is 0 Å². The van der Waals surface area contributed by atoms with Gasteiger partial charge in [-0.15, -0.1) is 0 Å². The second kappa shape index (κ2) is 5.46. The molecule has 2 unspecified atom stereocenters. The molecule has 0 radical (unpaired) electrons. The molecule has 0 spiro atoms. The summed E-state index contributed by atoms with van der Waals surface area (Å²) in [5.41, 5.74) is 2.58. The molecule has 21 heavy (non-hydrogen) atoms. The predicted octanol–water partition coefficient (Wildman–Crippen LogP) is 0.465. The highest BCUT2D eigenvalue weighted by Crippen LogP contribution is 2.25. The average molecular weight is 291 g/mol. The van der Waals surface area contributed by atoms with Crippen LogP contribution in [-0.2, 0) is 27.5 Å². The van der Waals surface area contributed by atoms with E-state index < -0.39 is 18.1 Å². The van der Waals surface area contributed by atoms with Gasteiger partial charge in [0.25, 0.3) is 5.91 Å². The number of carbonyl (C=O) groups is 2. The van der Waals surface area contributed by atoms with Crippen molar-refractivity contribution in [2.24, 2.45) is 0 Å². The van der Waals surface area contributed by atoms with Crippen molar-refractivity contribution in [2.75, 3.05) is 13.7 Å². The van der Waals surface area contributed by atoms with Crippen molar-refractivity contribution in [3.8, 4) is 0 Å². The van der Waals surface area contributed by atoms with Crippen LogP contribution in [0.1, 0.15) is 27.9 Å². The van der Waals surface area contributed by atoms with E-state index in [2.05, 4.69) is 0 Å². The number of aliphatic hydroxyl groups excluding tert-OH is 1. The van der Waals surface area contributed by atoms with Gasteiger partial charge in [0.2, 0.25) is 0 Å². The number of aliphatic hydroxyl groups is 1. The lowest BCUT2D eigenvalue weighted by Crippen LogP contribution is -2.41. The Labute approximate surface area is 122 Å². The summed E-state index contributed by atoms with van der Waals surface area (Å²) in [4.78, 5) is 25.7. The monoisotopic (exact) mass is 291 g/mol. The van der Waals surface area contributed by atoms with E-state index in [1.165, 1.54) is 12.0 Å². The van der Waals surface area contributed by atoms with Crippen LogP contribution in [0.4, 0.5) is 0 Å². The van der Waals surface area contributed by atoms with Gasteiger partial charge in [0.05, 0.1) is 26.4 Å². The van der Waals surface area contributed by atoms with Gasteiger partial charge in [0, 0.05) is 18.5 Å². The Balaban J connectivity index is 1.85. The number of amides is 1. The first-order chi connectivity index (χ1) is 10.1. The molecule has 0 aromatic heterocycles. The number of fused-ring (bicyclic) bond motifs is 1. The van der Waals surface area contributed by atoms with E-state index in [0.717, 1.165) is 11.1 Å². The summed E-state index contributed by atoms with van der Waals surface area (Å²) < 4.78 is 10.0. The van der Waals surface area contributed by atoms with Gasteiger partial charge in [0.15, 0.2) is 0 Å². The lowest BCUT2D eigenvalue weighted by molar-refractivity contribution is -0.145. The molecule has 112 valence electrons. The lowest BCUT2D eigenvalue weighted by Gasteiger charge is -2.22. The molecule has 1 saturated heterocycles. The number of methoxy groups -OCH3 is 1. The highest BCUT2D eigenvalue weighted by molar-refractivity contribution is 5.97. The van der Waals surface area contributed by atoms with Crippen LogP contribution in [0.5, 0.6) is 0 Å². The molecule has 1 N–H and O–H groups in total. The Morgan fingerprint density at radius 2 is 2.10 bits per heavy atom. The van der Waals surface area contributed by atoms with E-state index >= 15 is 0 Å². The van der Waals surface area contributed by atoms with Crippen molar-refractivity contribution >= 4 is 11.9 Å². The fourth-order valence-electron chi connectivity index (χ4n) is 2.87. The first-order valence-corrected chi connectivity index (χ1v) is 6.86. The second-order valence-electron chi connectivity index (χ2n) is 5.36. The standard InChI is InChI=1S/C15H17NO5/c1-20-15(19)13-5-12(17)6-16(13)14(18)9-2-3-10-7-21-8-11(10)4-9/h2-4,12-13,17H,5-8H2,1H3. The average Bonchev–Trinajstić information content (AvgIpc) is 3.10. The van der Waals surface area contributed by atoms with Gasteiger partial charge in [-0.05, 0) is 23.3 Å². The largest absolute Gasteiger partial charge is 0.467 e. The molecule has 2 aliphatic rings. The van der Waals surface area contributed by atoms with E-state index in [1.807, 2.05) is 6.07 Å². The first kappa shape index (κ1) is 14.0. The van der Waals surface area contributed by atoms with Crippen LogP contribution in [-0.4, -0.2) is 47.7 Å². The van der Waals surface area contributed by atoms with E-state index in [1.54, 1.807) is 12.1 Å². The molecule has 2 atom stereocenters. The van der Waals surface area contributed by atoms with E-state index in [0.29, 0.717) is 18.8 Å². The van der Waals surface area contributed by atoms with Gasteiger partial charge in [-0.3, -0.25) is 4.79 Å². The summed E-state index contributed by atoms with van der Waals surface area (Å²) in [5, 5.41) is 9.74. The highest BCUT2D eigenvalue weighted by Gasteiger charge is 2.40. The summed E-state index contributed by atoms with van der Waals surface area (Å²) in [6, 6.07) is 4.68. The minimum Gasteiger partial charge on any atom is -0.467 e. The van der Waals surface area contributed by atoms with Crippen molar-refractivity contribution in [3.63, 3.8) is 0 Å². The Morgan fingerprint density at radius 1 is 1.33 bits per heavy atom. The first-order valence-electron chi connectivity index (χ1n) is 6.86. The minimum atomic E-state index is -0.720. The molecule has 2 aliphatic heterocycles. The molecule has 1 aromatic rings. The molecule has 1 aromatic carbocycles. The van der Waals surface area contributed by atoms with Crippen molar-refractivity contribution in [2.45, 2.75) is 31.8 Å². The van der Waals surface area contributed by atoms with Gasteiger partial charge in [-0.25, -0.2) is 4.79 Å². The van der Waals surface area contributed by atoms with Gasteiger partial charge in [0.1, 0.15) is 6.04 Å². The lowest BCUT2D eigenvalue weighted by atomic mass is 10.1. The quantitative estimate of drug-likeness (QED) is 0.801. The number of rotatable bonds is 2. The van der Waals surface area contributed by atoms with Gasteiger partial charge in [-0.1, -0.05) is 6.07 Å². The molecule has 0 saturated carbocycles. The maximum absolute atomic E-state index is 12.6. The van der Waals surface area contributed by atoms with Crippen LogP contribution in [0.2, 0.25) is 0 Å². The van der Waals surface area contributed by atoms with E-state index in [4.69, 9.17) is 9.47 Å². The smallest absolute Gasteiger partial charge is 0.328 e. The third kappa shape index (κ3) is 2.52. The fourth-order valence-corrected chi connectivity index (χ4v) is 2.87. The van der Waals surface area contributed by atoms with Crippen molar-refractivity contribution in [1.29, 1.82) is 0 Å². The summed E-state index contributed by atoms with van der Waals surface area (Å²) >= 11 is 0. The van der Waals surface area contributed by atoms with E-state index in [9.17, 15) is 14.7 Å². The Hall–Kier alpha value is -1.92. The number of esters is 1. The number of carbonyl (C=O) groups excluding carboxylic acids is 2. The van der Waals surface area contributed by atoms with Crippen LogP contribution in [0.15, 0.2) is 18.2 Å². The zero-order valence-corrected chi connectivity index (χ0v) is 11.7. The third-order valence-corrected chi connectivity index (χ3v) is 3.98. The summed E-state index contributed by atoms with van der Waals surface area (Å²) in [7, 11) is 1.28. The number of ether oxygens (including phenoxy) is 2. The summed E-state index contributed by atoms with van der Waals surface area (Å²) in [6.07, 6.45) is -0.484. The van der Waals surface area contributed by atoms with Crippen LogP contribution in [0, 0.1) is 0 Å². The van der Waals surface area contributed by atoms with Gasteiger partial charge in [-0.2, -0.15) is 0 Å². The molecular formula is C15H17NO5. The number of β-amino-alcohol motifs (C(OH)–C–C–N with tert-alkyl or cyclic N) is 1. The molecule has 3 rings (SSSR count). The summed E-state index contributed by atoms with van der Waals surface area (Å²) in [5.74, 6) is -0.763. The van der Waals surface area contributed by atoms with Crippen LogP contribution in [0.3, 0.4) is 0 Å². The summed E-state index contributed by atoms with van der Waals surface area (Å²) in [6.45, 7) is 1.21. The molecule has 2 heterocycles. The third-order valence-electron chi connectivity index (χ3n) is 3.98. The number of nitrogens with zero attached hydrogens (tertiary/aromatic N) is 1. The predicted molar refractivity (Wildman–Crippen MR) is 72.4 cm³/mol. The van der Waals surface area contributed by atoms with Crippen LogP contribution >= 0.6 is 0 Å². The van der Waals surface area contributed by atoms with Gasteiger partial charge < -0.3 is 19.5 Å². The van der Waals surface area contributed by atoms with Crippen molar-refractivity contribution in [3.05, 3.63) is 34.9 Å². The molecule has 0 aliphatic carbocycles. The number of likely N-dealkylation sites (tertiary alicyclic amines) is 1. The number of hydrogen-bond donors (Lipinski definition) is 1. The molecule has 6 heteroatoms. The number of hydrogen-bond acceptors (Lipinski definition) is 5. The maximum Gasteiger partial charge on any atom is 0.328 e. The Kier molecular flexibility index (Phi) is 3.65. The van der Waals surface area contributed by atoms with Crippen molar-refractivity contribution < 1.29 is 24.2 Å². The highest BCUT2D eigenvalue weighted by atomic mass is 16.5. The van der Waals surface area contributed by atoms with Crippen LogP contribution in [0.25, 0.3) is 0 Å². The fraction of sp³-hybridized carbons (Fsp3) is 0.467. The normalized spacial score (nSPS) is 24.0. The Morgan fingerprint density at radius 3 is 2.86 bits per heavy atom. The maximum atomic E-state index is 12.6. The second-order valence-corrected chi connectivity index (χ2v) is 5.36. The number of benzene rings is 1. The molecule has 6 nitrogen and oxygen atoms in total.